The summed E-state index contributed by atoms with van der Waals surface area (Å²) in [6.45, 7) is 6.53. The number of carbonyl (C=O) groups is 1. The fourth-order valence-corrected chi connectivity index (χ4v) is 3.19. The summed E-state index contributed by atoms with van der Waals surface area (Å²) in [5.41, 5.74) is 3.96. The van der Waals surface area contributed by atoms with E-state index in [0.717, 1.165) is 41.6 Å². The van der Waals surface area contributed by atoms with Gasteiger partial charge in [-0.05, 0) is 43.7 Å². The van der Waals surface area contributed by atoms with Crippen molar-refractivity contribution < 1.29 is 9.53 Å². The lowest BCUT2D eigenvalue weighted by Gasteiger charge is -2.31. The summed E-state index contributed by atoms with van der Waals surface area (Å²) in [5.74, 6) is 2.77. The van der Waals surface area contributed by atoms with Gasteiger partial charge in [-0.25, -0.2) is 14.8 Å². The summed E-state index contributed by atoms with van der Waals surface area (Å²) >= 11 is 0. The van der Waals surface area contributed by atoms with Crippen LogP contribution in [-0.4, -0.2) is 22.5 Å². The predicted octanol–water partition coefficient (Wildman–Crippen LogP) is 3.82. The Bertz CT molecular complexity index is 863. The smallest absolute Gasteiger partial charge is 0.357 e. The highest BCUT2D eigenvalue weighted by Gasteiger charge is 2.31. The molecule has 0 fully saturated rings. The number of hydrogen-bond donors (Lipinski definition) is 0. The van der Waals surface area contributed by atoms with E-state index in [0.29, 0.717) is 18.1 Å². The molecule has 0 amide bonds. The maximum absolute atomic E-state index is 12.5. The van der Waals surface area contributed by atoms with Gasteiger partial charge in [-0.2, -0.15) is 0 Å². The van der Waals surface area contributed by atoms with Crippen LogP contribution in [0.3, 0.4) is 0 Å². The van der Waals surface area contributed by atoms with Crippen LogP contribution in [0.5, 0.6) is 0 Å². The minimum absolute atomic E-state index is 0.127. The Morgan fingerprint density at radius 2 is 2.16 bits per heavy atom. The van der Waals surface area contributed by atoms with Crippen molar-refractivity contribution in [1.29, 1.82) is 0 Å². The first-order valence-electron chi connectivity index (χ1n) is 8.57. The Kier molecular flexibility index (Phi) is 4.59. The minimum Gasteiger partial charge on any atom is -0.461 e. The number of ether oxygens (including phenoxy) is 1. The predicted molar refractivity (Wildman–Crippen MR) is 97.2 cm³/mol. The van der Waals surface area contributed by atoms with E-state index in [9.17, 15) is 4.79 Å². The van der Waals surface area contributed by atoms with Crippen molar-refractivity contribution in [3.05, 3.63) is 46.8 Å². The molecule has 2 aromatic rings. The molecule has 4 heteroatoms. The Morgan fingerprint density at radius 3 is 2.88 bits per heavy atom. The van der Waals surface area contributed by atoms with Crippen LogP contribution < -0.4 is 0 Å². The Morgan fingerprint density at radius 1 is 1.36 bits per heavy atom. The molecule has 1 heterocycles. The Labute approximate surface area is 148 Å². The molecule has 1 aromatic heterocycles. The molecule has 1 aliphatic carbocycles. The van der Waals surface area contributed by atoms with E-state index in [2.05, 4.69) is 24.8 Å². The lowest BCUT2D eigenvalue weighted by molar-refractivity contribution is 0.0516. The molecule has 0 aliphatic heterocycles. The summed E-state index contributed by atoms with van der Waals surface area (Å²) in [6, 6.07) is 7.50. The molecule has 0 saturated carbocycles. The zero-order chi connectivity index (χ0) is 18.0. The molecule has 1 aromatic carbocycles. The van der Waals surface area contributed by atoms with Gasteiger partial charge in [0.15, 0.2) is 11.5 Å². The molecule has 0 unspecified atom stereocenters. The molecular formula is C21H22N2O2. The molecule has 3 rings (SSSR count). The highest BCUT2D eigenvalue weighted by Crippen LogP contribution is 2.36. The van der Waals surface area contributed by atoms with Crippen LogP contribution in [0.2, 0.25) is 0 Å². The molecule has 0 radical (unpaired) electrons. The average molecular weight is 334 g/mol. The second-order valence-electron chi connectivity index (χ2n) is 7.11. The number of nitrogens with zero attached hydrogens (tertiary/aromatic N) is 2. The first kappa shape index (κ1) is 17.2. The maximum Gasteiger partial charge on any atom is 0.357 e. The second kappa shape index (κ2) is 6.68. The number of hydrogen-bond acceptors (Lipinski definition) is 4. The van der Waals surface area contributed by atoms with Crippen LogP contribution in [0.1, 0.15) is 54.5 Å². The first-order valence-corrected chi connectivity index (χ1v) is 8.57. The molecule has 0 spiro atoms. The summed E-state index contributed by atoms with van der Waals surface area (Å²) in [7, 11) is 0. The molecule has 0 bridgehead atoms. The van der Waals surface area contributed by atoms with Gasteiger partial charge in [-0.1, -0.05) is 31.9 Å². The highest BCUT2D eigenvalue weighted by atomic mass is 16.5. The van der Waals surface area contributed by atoms with Crippen LogP contribution >= 0.6 is 0 Å². The van der Waals surface area contributed by atoms with Crippen molar-refractivity contribution in [2.75, 3.05) is 6.61 Å². The van der Waals surface area contributed by atoms with Crippen LogP contribution in [0.4, 0.5) is 0 Å². The molecule has 4 nitrogen and oxygen atoms in total. The van der Waals surface area contributed by atoms with E-state index in [4.69, 9.17) is 16.1 Å². The molecule has 0 atom stereocenters. The largest absolute Gasteiger partial charge is 0.461 e. The summed E-state index contributed by atoms with van der Waals surface area (Å²) in [5, 5.41) is 0. The normalized spacial score (nSPS) is 15.1. The topological polar surface area (TPSA) is 52.1 Å². The number of esters is 1. The van der Waals surface area contributed by atoms with Gasteiger partial charge in [0.05, 0.1) is 6.61 Å². The lowest BCUT2D eigenvalue weighted by Crippen LogP contribution is -2.27. The molecule has 0 N–H and O–H groups in total. The van der Waals surface area contributed by atoms with E-state index in [1.54, 1.807) is 6.92 Å². The number of terminal acetylenes is 1. The van der Waals surface area contributed by atoms with Crippen molar-refractivity contribution in [1.82, 2.24) is 9.97 Å². The van der Waals surface area contributed by atoms with E-state index in [1.165, 1.54) is 0 Å². The van der Waals surface area contributed by atoms with Gasteiger partial charge in [0.25, 0.3) is 0 Å². The summed E-state index contributed by atoms with van der Waals surface area (Å²) in [6.07, 6.45) is 8.13. The van der Waals surface area contributed by atoms with Crippen LogP contribution in [0, 0.1) is 17.8 Å². The molecule has 25 heavy (non-hydrogen) atoms. The van der Waals surface area contributed by atoms with Crippen molar-refractivity contribution in [2.24, 2.45) is 5.41 Å². The number of fused-ring (bicyclic) bond motifs is 1. The zero-order valence-corrected chi connectivity index (χ0v) is 14.9. The number of benzene rings is 1. The van der Waals surface area contributed by atoms with Gasteiger partial charge < -0.3 is 4.74 Å². The fraction of sp³-hybridized carbons (Fsp3) is 0.381. The van der Waals surface area contributed by atoms with Gasteiger partial charge >= 0.3 is 5.97 Å². The second-order valence-corrected chi connectivity index (χ2v) is 7.11. The average Bonchev–Trinajstić information content (AvgIpc) is 2.60. The fourth-order valence-electron chi connectivity index (χ4n) is 3.19. The molecule has 128 valence electrons. The SMILES string of the molecule is C#Cc1cccc(-c2nc3c(c(C(=O)OCC)n2)CC(C)(C)CC3)c1. The van der Waals surface area contributed by atoms with Gasteiger partial charge in [0.2, 0.25) is 0 Å². The van der Waals surface area contributed by atoms with E-state index in [-0.39, 0.29) is 11.4 Å². The van der Waals surface area contributed by atoms with Crippen LogP contribution in [0.25, 0.3) is 11.4 Å². The van der Waals surface area contributed by atoms with Crippen molar-refractivity contribution in [2.45, 2.75) is 40.0 Å². The first-order chi connectivity index (χ1) is 11.9. The van der Waals surface area contributed by atoms with Crippen molar-refractivity contribution in [3.8, 4) is 23.7 Å². The number of aromatic nitrogens is 2. The van der Waals surface area contributed by atoms with Gasteiger partial charge in [-0.15, -0.1) is 6.42 Å². The minimum atomic E-state index is -0.381. The van der Waals surface area contributed by atoms with Crippen LogP contribution in [0.15, 0.2) is 24.3 Å². The third-order valence-electron chi connectivity index (χ3n) is 4.54. The van der Waals surface area contributed by atoms with Crippen molar-refractivity contribution in [3.63, 3.8) is 0 Å². The number of aryl methyl sites for hydroxylation is 1. The lowest BCUT2D eigenvalue weighted by atomic mass is 9.75. The Hall–Kier alpha value is -2.67. The van der Waals surface area contributed by atoms with E-state index < -0.39 is 0 Å². The third kappa shape index (κ3) is 3.56. The quantitative estimate of drug-likeness (QED) is 0.632. The van der Waals surface area contributed by atoms with E-state index >= 15 is 0 Å². The summed E-state index contributed by atoms with van der Waals surface area (Å²) in [4.78, 5) is 21.8. The van der Waals surface area contributed by atoms with E-state index in [1.807, 2.05) is 24.3 Å². The zero-order valence-electron chi connectivity index (χ0n) is 14.9. The summed E-state index contributed by atoms with van der Waals surface area (Å²) < 4.78 is 5.24. The molecule has 1 aliphatic rings. The maximum atomic E-state index is 12.5. The molecule has 0 saturated heterocycles. The van der Waals surface area contributed by atoms with Gasteiger partial charge in [-0.3, -0.25) is 0 Å². The van der Waals surface area contributed by atoms with Crippen molar-refractivity contribution >= 4 is 5.97 Å². The monoisotopic (exact) mass is 334 g/mol. The number of rotatable bonds is 3. The third-order valence-corrected chi connectivity index (χ3v) is 4.54. The number of carbonyl (C=O) groups excluding carboxylic acids is 1. The Balaban J connectivity index is 2.14. The van der Waals surface area contributed by atoms with Gasteiger partial charge in [0, 0.05) is 22.4 Å². The molecular weight excluding hydrogens is 312 g/mol. The van der Waals surface area contributed by atoms with Gasteiger partial charge in [0.1, 0.15) is 0 Å². The highest BCUT2D eigenvalue weighted by molar-refractivity contribution is 5.90. The van der Waals surface area contributed by atoms with Crippen LogP contribution in [-0.2, 0) is 17.6 Å². The standard InChI is InChI=1S/C21H22N2O2/c1-5-14-8-7-9-15(12-14)19-22-17-10-11-21(3,4)13-16(17)18(23-19)20(24)25-6-2/h1,7-9,12H,6,10-11,13H2,2-4H3.